The number of ether oxygens (including phenoxy) is 1. The lowest BCUT2D eigenvalue weighted by atomic mass is 10.1. The van der Waals surface area contributed by atoms with Crippen molar-refractivity contribution in [2.45, 2.75) is 6.61 Å². The number of rotatable bonds is 6. The molecule has 5 nitrogen and oxygen atoms in total. The fourth-order valence-electron chi connectivity index (χ4n) is 1.86. The van der Waals surface area contributed by atoms with Gasteiger partial charge in [0.25, 0.3) is 5.69 Å². The number of hydrogen-bond acceptors (Lipinski definition) is 4. The maximum absolute atomic E-state index is 12.0. The van der Waals surface area contributed by atoms with E-state index in [1.54, 1.807) is 0 Å². The first-order chi connectivity index (χ1) is 11.0. The lowest BCUT2D eigenvalue weighted by Gasteiger charge is -2.03. The number of carbonyl (C=O) groups excluding carboxylic acids is 1. The Balaban J connectivity index is 2.14. The molecule has 0 bridgehead atoms. The quantitative estimate of drug-likeness (QED) is 0.348. The Labute approximate surface area is 130 Å². The SMILES string of the molecule is O=C(/C=C/c1ccc(OC(F)F)cc1)c1ccccc1[N+](=O)[O-]. The molecule has 0 atom stereocenters. The van der Waals surface area contributed by atoms with Gasteiger partial charge in [0.1, 0.15) is 5.75 Å². The van der Waals surface area contributed by atoms with Gasteiger partial charge in [-0.2, -0.15) is 8.78 Å². The maximum atomic E-state index is 12.0. The van der Waals surface area contributed by atoms with Crippen molar-refractivity contribution in [1.29, 1.82) is 0 Å². The summed E-state index contributed by atoms with van der Waals surface area (Å²) < 4.78 is 28.3. The number of halogens is 2. The molecular weight excluding hydrogens is 308 g/mol. The molecule has 0 amide bonds. The van der Waals surface area contributed by atoms with E-state index < -0.39 is 17.3 Å². The van der Waals surface area contributed by atoms with Crippen LogP contribution in [-0.2, 0) is 0 Å². The summed E-state index contributed by atoms with van der Waals surface area (Å²) in [6, 6.07) is 11.3. The Hall–Kier alpha value is -3.09. The number of para-hydroxylation sites is 1. The minimum absolute atomic E-state index is 0.00201. The smallest absolute Gasteiger partial charge is 0.387 e. The van der Waals surface area contributed by atoms with Crippen molar-refractivity contribution in [2.75, 3.05) is 0 Å². The summed E-state index contributed by atoms with van der Waals surface area (Å²) in [6.07, 6.45) is 2.62. The molecule has 2 aromatic carbocycles. The fourth-order valence-corrected chi connectivity index (χ4v) is 1.86. The van der Waals surface area contributed by atoms with Gasteiger partial charge in [-0.15, -0.1) is 0 Å². The van der Waals surface area contributed by atoms with Crippen LogP contribution in [-0.4, -0.2) is 17.3 Å². The first-order valence-electron chi connectivity index (χ1n) is 6.48. The minimum atomic E-state index is -2.91. The number of allylic oxidation sites excluding steroid dienone is 1. The summed E-state index contributed by atoms with van der Waals surface area (Å²) in [6.45, 7) is -2.91. The minimum Gasteiger partial charge on any atom is -0.435 e. The predicted molar refractivity (Wildman–Crippen MR) is 79.5 cm³/mol. The topological polar surface area (TPSA) is 69.4 Å². The molecule has 0 aromatic heterocycles. The van der Waals surface area contributed by atoms with E-state index >= 15 is 0 Å². The van der Waals surface area contributed by atoms with Gasteiger partial charge in [-0.1, -0.05) is 30.3 Å². The van der Waals surface area contributed by atoms with Gasteiger partial charge < -0.3 is 4.74 Å². The van der Waals surface area contributed by atoms with Crippen LogP contribution >= 0.6 is 0 Å². The number of nitro benzene ring substituents is 1. The zero-order chi connectivity index (χ0) is 16.8. The number of nitrogens with zero attached hydrogens (tertiary/aromatic N) is 1. The van der Waals surface area contributed by atoms with E-state index in [0.29, 0.717) is 5.56 Å². The van der Waals surface area contributed by atoms with Gasteiger partial charge >= 0.3 is 6.61 Å². The molecule has 0 N–H and O–H groups in total. The van der Waals surface area contributed by atoms with Crippen LogP contribution in [0.5, 0.6) is 5.75 Å². The molecule has 0 fully saturated rings. The van der Waals surface area contributed by atoms with Crippen molar-refractivity contribution < 1.29 is 23.2 Å². The highest BCUT2D eigenvalue weighted by molar-refractivity contribution is 6.09. The van der Waals surface area contributed by atoms with Crippen LogP contribution in [0.25, 0.3) is 6.08 Å². The summed E-state index contributed by atoms with van der Waals surface area (Å²) in [5.74, 6) is -0.521. The van der Waals surface area contributed by atoms with Crippen molar-refractivity contribution in [1.82, 2.24) is 0 Å². The van der Waals surface area contributed by atoms with Crippen molar-refractivity contribution in [3.05, 3.63) is 75.8 Å². The molecule has 7 heteroatoms. The summed E-state index contributed by atoms with van der Waals surface area (Å²) in [5.41, 5.74) is 0.271. The molecule has 0 aliphatic carbocycles. The third-order valence-electron chi connectivity index (χ3n) is 2.90. The lowest BCUT2D eigenvalue weighted by Crippen LogP contribution is -2.01. The van der Waals surface area contributed by atoms with Crippen LogP contribution in [0, 0.1) is 10.1 Å². The van der Waals surface area contributed by atoms with Gasteiger partial charge in [0.05, 0.1) is 10.5 Å². The molecule has 0 saturated heterocycles. The van der Waals surface area contributed by atoms with Gasteiger partial charge in [0.2, 0.25) is 0 Å². The molecule has 0 radical (unpaired) electrons. The molecule has 0 saturated carbocycles. The van der Waals surface area contributed by atoms with E-state index in [0.717, 1.165) is 0 Å². The van der Waals surface area contributed by atoms with Gasteiger partial charge in [-0.3, -0.25) is 14.9 Å². The molecular formula is C16H11F2NO4. The standard InChI is InChI=1S/C16H11F2NO4/c17-16(18)23-12-8-5-11(6-9-12)7-10-15(20)13-3-1-2-4-14(13)19(21)22/h1-10,16H/b10-7+. The normalized spacial score (nSPS) is 10.9. The lowest BCUT2D eigenvalue weighted by molar-refractivity contribution is -0.385. The third kappa shape index (κ3) is 4.44. The molecule has 2 rings (SSSR count). The van der Waals surface area contributed by atoms with E-state index in [9.17, 15) is 23.7 Å². The van der Waals surface area contributed by atoms with Gasteiger partial charge in [0.15, 0.2) is 5.78 Å². The molecule has 0 aliphatic rings. The van der Waals surface area contributed by atoms with Crippen molar-refractivity contribution >= 4 is 17.5 Å². The molecule has 0 heterocycles. The Morgan fingerprint density at radius 3 is 2.39 bits per heavy atom. The third-order valence-corrected chi connectivity index (χ3v) is 2.90. The summed E-state index contributed by atoms with van der Waals surface area (Å²) in [5, 5.41) is 10.9. The Morgan fingerprint density at radius 1 is 1.13 bits per heavy atom. The fraction of sp³-hybridized carbons (Fsp3) is 0.0625. The molecule has 0 spiro atoms. The number of ketones is 1. The van der Waals surface area contributed by atoms with Crippen LogP contribution in [0.3, 0.4) is 0 Å². The van der Waals surface area contributed by atoms with E-state index in [1.165, 1.54) is 60.7 Å². The summed E-state index contributed by atoms with van der Waals surface area (Å²) in [4.78, 5) is 22.3. The second kappa shape index (κ2) is 7.26. The zero-order valence-electron chi connectivity index (χ0n) is 11.7. The molecule has 0 aliphatic heterocycles. The summed E-state index contributed by atoms with van der Waals surface area (Å²) >= 11 is 0. The predicted octanol–water partition coefficient (Wildman–Crippen LogP) is 4.09. The van der Waals surface area contributed by atoms with Crippen LogP contribution in [0.15, 0.2) is 54.6 Å². The highest BCUT2D eigenvalue weighted by atomic mass is 19.3. The van der Waals surface area contributed by atoms with Crippen LogP contribution in [0.4, 0.5) is 14.5 Å². The van der Waals surface area contributed by atoms with Crippen molar-refractivity contribution in [3.63, 3.8) is 0 Å². The van der Waals surface area contributed by atoms with E-state index in [4.69, 9.17) is 0 Å². The number of alkyl halides is 2. The number of nitro groups is 1. The van der Waals surface area contributed by atoms with Gasteiger partial charge in [-0.05, 0) is 29.8 Å². The van der Waals surface area contributed by atoms with Gasteiger partial charge in [0, 0.05) is 6.07 Å². The van der Waals surface area contributed by atoms with Crippen molar-refractivity contribution in [3.8, 4) is 5.75 Å². The second-order valence-electron chi connectivity index (χ2n) is 4.42. The first kappa shape index (κ1) is 16.3. The van der Waals surface area contributed by atoms with Crippen LogP contribution in [0.1, 0.15) is 15.9 Å². The molecule has 0 unspecified atom stereocenters. The number of hydrogen-bond donors (Lipinski definition) is 0. The maximum Gasteiger partial charge on any atom is 0.387 e. The van der Waals surface area contributed by atoms with E-state index in [2.05, 4.69) is 4.74 Å². The Morgan fingerprint density at radius 2 is 1.78 bits per heavy atom. The summed E-state index contributed by atoms with van der Waals surface area (Å²) in [7, 11) is 0. The number of benzene rings is 2. The molecule has 23 heavy (non-hydrogen) atoms. The average molecular weight is 319 g/mol. The van der Waals surface area contributed by atoms with Crippen LogP contribution in [0.2, 0.25) is 0 Å². The second-order valence-corrected chi connectivity index (χ2v) is 4.42. The Kier molecular flexibility index (Phi) is 5.14. The van der Waals surface area contributed by atoms with Gasteiger partial charge in [-0.25, -0.2) is 0 Å². The molecule has 118 valence electrons. The highest BCUT2D eigenvalue weighted by Gasteiger charge is 2.16. The molecule has 2 aromatic rings. The van der Waals surface area contributed by atoms with Crippen LogP contribution < -0.4 is 4.74 Å². The number of carbonyl (C=O) groups is 1. The largest absolute Gasteiger partial charge is 0.435 e. The first-order valence-corrected chi connectivity index (χ1v) is 6.48. The Bertz CT molecular complexity index is 742. The van der Waals surface area contributed by atoms with Crippen molar-refractivity contribution in [2.24, 2.45) is 0 Å². The van der Waals surface area contributed by atoms with E-state index in [1.807, 2.05) is 0 Å². The van der Waals surface area contributed by atoms with E-state index in [-0.39, 0.29) is 17.0 Å². The highest BCUT2D eigenvalue weighted by Crippen LogP contribution is 2.20. The monoisotopic (exact) mass is 319 g/mol. The average Bonchev–Trinajstić information content (AvgIpc) is 2.53. The zero-order valence-corrected chi connectivity index (χ0v) is 11.7.